The van der Waals surface area contributed by atoms with Gasteiger partial charge in [0.1, 0.15) is 6.04 Å². The van der Waals surface area contributed by atoms with Crippen LogP contribution in [-0.2, 0) is 21.9 Å². The van der Waals surface area contributed by atoms with Crippen molar-refractivity contribution in [3.8, 4) is 0 Å². The van der Waals surface area contributed by atoms with Crippen LogP contribution in [0.15, 0.2) is 54.6 Å². The number of nitrogens with zero attached hydrogens (tertiary/aromatic N) is 1. The molecule has 0 spiro atoms. The molecule has 0 aliphatic heterocycles. The number of rotatable bonds is 11. The van der Waals surface area contributed by atoms with Gasteiger partial charge in [-0.1, -0.05) is 61.5 Å². The Morgan fingerprint density at radius 2 is 1.70 bits per heavy atom. The molecule has 0 aliphatic carbocycles. The highest BCUT2D eigenvalue weighted by molar-refractivity contribution is 7.98. The first-order chi connectivity index (χ1) is 14.4. The standard InChI is InChI=1S/C25H34N2O2S/c1-5-20(3)26-25(29)21(4)27(17-23-14-10-9-11-19(23)2)24(28)15-16-30-18-22-12-7-6-8-13-22/h6-14,20-21H,5,15-18H2,1-4H3,(H,26,29)/t20-,21-/m1/s1. The molecule has 0 aliphatic rings. The van der Waals surface area contributed by atoms with E-state index >= 15 is 0 Å². The second-order valence-corrected chi connectivity index (χ2v) is 8.84. The highest BCUT2D eigenvalue weighted by Crippen LogP contribution is 2.17. The van der Waals surface area contributed by atoms with Crippen molar-refractivity contribution in [2.75, 3.05) is 5.75 Å². The molecule has 162 valence electrons. The fourth-order valence-electron chi connectivity index (χ4n) is 3.09. The number of carbonyl (C=O) groups excluding carboxylic acids is 2. The molecule has 2 amide bonds. The maximum atomic E-state index is 13.1. The Hall–Kier alpha value is -2.27. The number of thioether (sulfide) groups is 1. The van der Waals surface area contributed by atoms with Crippen LogP contribution in [0, 0.1) is 6.92 Å². The number of amides is 2. The van der Waals surface area contributed by atoms with Crippen LogP contribution in [0.1, 0.15) is 50.3 Å². The number of benzene rings is 2. The summed E-state index contributed by atoms with van der Waals surface area (Å²) in [7, 11) is 0. The minimum Gasteiger partial charge on any atom is -0.352 e. The second-order valence-electron chi connectivity index (χ2n) is 7.73. The van der Waals surface area contributed by atoms with Crippen LogP contribution in [0.25, 0.3) is 0 Å². The minimum absolute atomic E-state index is 0.0191. The Labute approximate surface area is 185 Å². The lowest BCUT2D eigenvalue weighted by Gasteiger charge is -2.30. The van der Waals surface area contributed by atoms with Gasteiger partial charge < -0.3 is 10.2 Å². The summed E-state index contributed by atoms with van der Waals surface area (Å²) >= 11 is 1.75. The predicted molar refractivity (Wildman–Crippen MR) is 126 cm³/mol. The molecule has 0 saturated heterocycles. The molecule has 0 fully saturated rings. The lowest BCUT2D eigenvalue weighted by Crippen LogP contribution is -2.49. The maximum absolute atomic E-state index is 13.1. The molecule has 2 atom stereocenters. The van der Waals surface area contributed by atoms with Crippen LogP contribution in [0.5, 0.6) is 0 Å². The van der Waals surface area contributed by atoms with Gasteiger partial charge in [0.15, 0.2) is 0 Å². The summed E-state index contributed by atoms with van der Waals surface area (Å²) in [6.45, 7) is 8.33. The third-order valence-electron chi connectivity index (χ3n) is 5.34. The Kier molecular flexibility index (Phi) is 9.95. The maximum Gasteiger partial charge on any atom is 0.242 e. The fraction of sp³-hybridized carbons (Fsp3) is 0.440. The van der Waals surface area contributed by atoms with Crippen molar-refractivity contribution in [1.82, 2.24) is 10.2 Å². The van der Waals surface area contributed by atoms with Crippen molar-refractivity contribution < 1.29 is 9.59 Å². The predicted octanol–water partition coefficient (Wildman–Crippen LogP) is 4.95. The van der Waals surface area contributed by atoms with Crippen LogP contribution in [0.4, 0.5) is 0 Å². The Bertz CT molecular complexity index is 810. The van der Waals surface area contributed by atoms with Gasteiger partial charge in [0.25, 0.3) is 0 Å². The highest BCUT2D eigenvalue weighted by Gasteiger charge is 2.26. The monoisotopic (exact) mass is 426 g/mol. The molecule has 4 nitrogen and oxygen atoms in total. The van der Waals surface area contributed by atoms with Crippen molar-refractivity contribution in [2.24, 2.45) is 0 Å². The van der Waals surface area contributed by atoms with E-state index in [0.29, 0.717) is 13.0 Å². The van der Waals surface area contributed by atoms with Crippen LogP contribution >= 0.6 is 11.8 Å². The van der Waals surface area contributed by atoms with E-state index in [1.807, 2.05) is 70.2 Å². The van der Waals surface area contributed by atoms with E-state index in [1.165, 1.54) is 5.56 Å². The van der Waals surface area contributed by atoms with Crippen molar-refractivity contribution in [1.29, 1.82) is 0 Å². The average Bonchev–Trinajstić information content (AvgIpc) is 2.76. The summed E-state index contributed by atoms with van der Waals surface area (Å²) < 4.78 is 0. The summed E-state index contributed by atoms with van der Waals surface area (Å²) in [5, 5.41) is 3.02. The summed E-state index contributed by atoms with van der Waals surface area (Å²) in [5.41, 5.74) is 3.46. The van der Waals surface area contributed by atoms with E-state index in [0.717, 1.165) is 29.1 Å². The summed E-state index contributed by atoms with van der Waals surface area (Å²) in [6.07, 6.45) is 1.28. The lowest BCUT2D eigenvalue weighted by molar-refractivity contribution is -0.140. The lowest BCUT2D eigenvalue weighted by atomic mass is 10.1. The largest absolute Gasteiger partial charge is 0.352 e. The number of hydrogen-bond acceptors (Lipinski definition) is 3. The number of nitrogens with one attached hydrogen (secondary N) is 1. The molecule has 0 heterocycles. The Balaban J connectivity index is 2.02. The average molecular weight is 427 g/mol. The molecule has 0 aromatic heterocycles. The first-order valence-electron chi connectivity index (χ1n) is 10.7. The Morgan fingerprint density at radius 1 is 1.03 bits per heavy atom. The number of carbonyl (C=O) groups is 2. The summed E-state index contributed by atoms with van der Waals surface area (Å²) in [6, 6.07) is 17.9. The van der Waals surface area contributed by atoms with Crippen LogP contribution < -0.4 is 5.32 Å². The first-order valence-corrected chi connectivity index (χ1v) is 11.8. The van der Waals surface area contributed by atoms with E-state index in [4.69, 9.17) is 0 Å². The summed E-state index contributed by atoms with van der Waals surface area (Å²) in [5.74, 6) is 1.54. The zero-order chi connectivity index (χ0) is 21.9. The van der Waals surface area contributed by atoms with Gasteiger partial charge in [-0.2, -0.15) is 11.8 Å². The van der Waals surface area contributed by atoms with Crippen molar-refractivity contribution in [3.05, 3.63) is 71.3 Å². The first kappa shape index (κ1) is 24.0. The molecule has 2 aromatic rings. The zero-order valence-corrected chi connectivity index (χ0v) is 19.4. The van der Waals surface area contributed by atoms with Crippen LogP contribution in [-0.4, -0.2) is 34.6 Å². The molecule has 2 rings (SSSR count). The van der Waals surface area contributed by atoms with E-state index in [-0.39, 0.29) is 17.9 Å². The molecular weight excluding hydrogens is 392 g/mol. The molecule has 2 aromatic carbocycles. The van der Waals surface area contributed by atoms with Gasteiger partial charge in [0.2, 0.25) is 11.8 Å². The smallest absolute Gasteiger partial charge is 0.242 e. The highest BCUT2D eigenvalue weighted by atomic mass is 32.2. The molecule has 1 N–H and O–H groups in total. The van der Waals surface area contributed by atoms with Gasteiger partial charge in [0, 0.05) is 30.5 Å². The third-order valence-corrected chi connectivity index (χ3v) is 6.37. The minimum atomic E-state index is -0.509. The molecule has 5 heteroatoms. The van der Waals surface area contributed by atoms with Gasteiger partial charge in [-0.3, -0.25) is 9.59 Å². The van der Waals surface area contributed by atoms with Gasteiger partial charge >= 0.3 is 0 Å². The molecule has 30 heavy (non-hydrogen) atoms. The Morgan fingerprint density at radius 3 is 2.37 bits per heavy atom. The molecule has 0 unspecified atom stereocenters. The molecule has 0 bridgehead atoms. The SMILES string of the molecule is CC[C@@H](C)NC(=O)[C@@H](C)N(Cc1ccccc1C)C(=O)CCSCc1ccccc1. The van der Waals surface area contributed by atoms with Crippen molar-refractivity contribution in [3.63, 3.8) is 0 Å². The van der Waals surface area contributed by atoms with Gasteiger partial charge in [0.05, 0.1) is 0 Å². The number of hydrogen-bond donors (Lipinski definition) is 1. The van der Waals surface area contributed by atoms with E-state index in [9.17, 15) is 9.59 Å². The quantitative estimate of drug-likeness (QED) is 0.517. The van der Waals surface area contributed by atoms with Crippen molar-refractivity contribution >= 4 is 23.6 Å². The number of aryl methyl sites for hydroxylation is 1. The molecule has 0 saturated carbocycles. The van der Waals surface area contributed by atoms with Gasteiger partial charge in [-0.25, -0.2) is 0 Å². The van der Waals surface area contributed by atoms with Crippen LogP contribution in [0.2, 0.25) is 0 Å². The molecular formula is C25H34N2O2S. The van der Waals surface area contributed by atoms with E-state index in [1.54, 1.807) is 16.7 Å². The second kappa shape index (κ2) is 12.4. The van der Waals surface area contributed by atoms with Gasteiger partial charge in [-0.15, -0.1) is 0 Å². The van der Waals surface area contributed by atoms with Crippen LogP contribution in [0.3, 0.4) is 0 Å². The van der Waals surface area contributed by atoms with E-state index < -0.39 is 6.04 Å². The zero-order valence-electron chi connectivity index (χ0n) is 18.6. The fourth-order valence-corrected chi connectivity index (χ4v) is 3.98. The molecule has 0 radical (unpaired) electrons. The topological polar surface area (TPSA) is 49.4 Å². The van der Waals surface area contributed by atoms with Gasteiger partial charge in [-0.05, 0) is 43.9 Å². The third kappa shape index (κ3) is 7.52. The summed E-state index contributed by atoms with van der Waals surface area (Å²) in [4.78, 5) is 27.6. The normalized spacial score (nSPS) is 12.8. The van der Waals surface area contributed by atoms with E-state index in [2.05, 4.69) is 17.4 Å². The van der Waals surface area contributed by atoms with Crippen molar-refractivity contribution in [2.45, 2.75) is 64.9 Å².